The zero-order valence-electron chi connectivity index (χ0n) is 18.3. The van der Waals surface area contributed by atoms with Crippen molar-refractivity contribution in [3.05, 3.63) is 99.8 Å². The number of ether oxygens (including phenoxy) is 1. The number of rotatable bonds is 5. The van der Waals surface area contributed by atoms with Gasteiger partial charge in [-0.05, 0) is 43.2 Å². The van der Waals surface area contributed by atoms with Crippen LogP contribution in [0.15, 0.2) is 66.7 Å². The first kappa shape index (κ1) is 23.0. The van der Waals surface area contributed by atoms with Crippen LogP contribution in [-0.2, 0) is 20.9 Å². The van der Waals surface area contributed by atoms with Crippen LogP contribution in [0.4, 0.5) is 10.1 Å². The first-order chi connectivity index (χ1) is 15.8. The summed E-state index contributed by atoms with van der Waals surface area (Å²) in [5, 5.41) is 2.82. The molecule has 2 amide bonds. The number of amides is 2. The van der Waals surface area contributed by atoms with E-state index in [1.807, 2.05) is 62.4 Å². The summed E-state index contributed by atoms with van der Waals surface area (Å²) in [6, 6.07) is 18.7. The summed E-state index contributed by atoms with van der Waals surface area (Å²) < 4.78 is 19.6. The van der Waals surface area contributed by atoms with E-state index < -0.39 is 18.0 Å². The number of nitrogens with zero attached hydrogens (tertiary/aromatic N) is 1. The Morgan fingerprint density at radius 3 is 2.55 bits per heavy atom. The summed E-state index contributed by atoms with van der Waals surface area (Å²) in [6.07, 6.45) is -0.959. The van der Waals surface area contributed by atoms with Gasteiger partial charge in [-0.15, -0.1) is 0 Å². The lowest BCUT2D eigenvalue weighted by molar-refractivity contribution is -0.144. The molecule has 4 rings (SSSR count). The van der Waals surface area contributed by atoms with E-state index in [1.54, 1.807) is 0 Å². The Balaban J connectivity index is 1.68. The van der Waals surface area contributed by atoms with E-state index in [4.69, 9.17) is 16.3 Å². The van der Waals surface area contributed by atoms with Crippen LogP contribution in [0.2, 0.25) is 5.02 Å². The van der Waals surface area contributed by atoms with Gasteiger partial charge in [0.15, 0.2) is 6.10 Å². The molecule has 7 heteroatoms. The zero-order chi connectivity index (χ0) is 23.5. The summed E-state index contributed by atoms with van der Waals surface area (Å²) in [6.45, 7) is 3.98. The summed E-state index contributed by atoms with van der Waals surface area (Å²) in [7, 11) is 0. The van der Waals surface area contributed by atoms with Crippen molar-refractivity contribution in [1.29, 1.82) is 0 Å². The van der Waals surface area contributed by atoms with Gasteiger partial charge < -0.3 is 10.1 Å². The molecule has 0 radical (unpaired) electrons. The predicted molar refractivity (Wildman–Crippen MR) is 126 cm³/mol. The van der Waals surface area contributed by atoms with Crippen LogP contribution < -0.4 is 10.2 Å². The summed E-state index contributed by atoms with van der Waals surface area (Å²) in [5.74, 6) is -1.26. The van der Waals surface area contributed by atoms with Crippen molar-refractivity contribution >= 4 is 29.1 Å². The normalized spacial score (nSPS) is 18.3. The fraction of sp³-hybridized carbons (Fsp3) is 0.231. The minimum atomic E-state index is -0.959. The molecule has 5 nitrogen and oxygen atoms in total. The molecular weight excluding hydrogens is 443 g/mol. The minimum Gasteiger partial charge on any atom is -0.356 e. The van der Waals surface area contributed by atoms with Crippen LogP contribution >= 0.6 is 11.6 Å². The van der Waals surface area contributed by atoms with E-state index in [2.05, 4.69) is 5.32 Å². The molecule has 1 aliphatic heterocycles. The number of hydrogen-bond acceptors (Lipinski definition) is 3. The Hall–Kier alpha value is -3.22. The van der Waals surface area contributed by atoms with Crippen LogP contribution in [0.3, 0.4) is 0 Å². The minimum absolute atomic E-state index is 0.102. The van der Waals surface area contributed by atoms with E-state index in [9.17, 15) is 14.0 Å². The molecule has 3 aromatic carbocycles. The average Bonchev–Trinajstić information content (AvgIpc) is 2.80. The topological polar surface area (TPSA) is 58.6 Å². The Bertz CT molecular complexity index is 1180. The highest BCUT2D eigenvalue weighted by molar-refractivity contribution is 6.31. The number of anilines is 1. The van der Waals surface area contributed by atoms with Gasteiger partial charge in [-0.1, -0.05) is 71.3 Å². The number of morpholine rings is 1. The number of carbonyl (C=O) groups is 2. The van der Waals surface area contributed by atoms with E-state index in [0.717, 1.165) is 22.3 Å². The molecule has 0 unspecified atom stereocenters. The van der Waals surface area contributed by atoms with Crippen molar-refractivity contribution in [2.45, 2.75) is 32.5 Å². The highest BCUT2D eigenvalue weighted by atomic mass is 35.5. The van der Waals surface area contributed by atoms with Gasteiger partial charge in [-0.2, -0.15) is 0 Å². The third-order valence-corrected chi connectivity index (χ3v) is 5.92. The van der Waals surface area contributed by atoms with E-state index in [1.165, 1.54) is 23.1 Å². The number of benzene rings is 3. The zero-order valence-corrected chi connectivity index (χ0v) is 19.1. The van der Waals surface area contributed by atoms with Gasteiger partial charge in [0.25, 0.3) is 11.8 Å². The molecule has 1 aliphatic rings. The third kappa shape index (κ3) is 5.07. The highest BCUT2D eigenvalue weighted by Gasteiger charge is 2.42. The highest BCUT2D eigenvalue weighted by Crippen LogP contribution is 2.36. The molecule has 1 fully saturated rings. The summed E-state index contributed by atoms with van der Waals surface area (Å²) in [5.41, 5.74) is 4.19. The molecule has 0 spiro atoms. The van der Waals surface area contributed by atoms with Gasteiger partial charge in [0.2, 0.25) is 0 Å². The van der Waals surface area contributed by atoms with Crippen molar-refractivity contribution in [1.82, 2.24) is 5.32 Å². The van der Waals surface area contributed by atoms with E-state index >= 15 is 0 Å². The van der Waals surface area contributed by atoms with Gasteiger partial charge in [0.05, 0.1) is 11.1 Å². The van der Waals surface area contributed by atoms with Crippen LogP contribution in [0.1, 0.15) is 28.3 Å². The number of aryl methyl sites for hydroxylation is 2. The molecule has 1 saturated heterocycles. The van der Waals surface area contributed by atoms with Gasteiger partial charge in [-0.25, -0.2) is 4.39 Å². The maximum atomic E-state index is 13.8. The lowest BCUT2D eigenvalue weighted by Gasteiger charge is -2.40. The van der Waals surface area contributed by atoms with Crippen molar-refractivity contribution in [2.24, 2.45) is 0 Å². The second-order valence-electron chi connectivity index (χ2n) is 8.16. The van der Waals surface area contributed by atoms with Crippen molar-refractivity contribution in [3.63, 3.8) is 0 Å². The first-order valence-corrected chi connectivity index (χ1v) is 11.0. The van der Waals surface area contributed by atoms with E-state index in [-0.39, 0.29) is 23.4 Å². The lowest BCUT2D eigenvalue weighted by Crippen LogP contribution is -2.54. The molecule has 0 bridgehead atoms. The van der Waals surface area contributed by atoms with Gasteiger partial charge in [0.1, 0.15) is 12.4 Å². The second kappa shape index (κ2) is 9.73. The number of hydrogen-bond donors (Lipinski definition) is 1. The average molecular weight is 467 g/mol. The first-order valence-electron chi connectivity index (χ1n) is 10.6. The smallest absolute Gasteiger partial charge is 0.253 e. The Morgan fingerprint density at radius 1 is 1.09 bits per heavy atom. The van der Waals surface area contributed by atoms with E-state index in [0.29, 0.717) is 12.2 Å². The molecule has 1 heterocycles. The predicted octanol–water partition coefficient (Wildman–Crippen LogP) is 4.89. The van der Waals surface area contributed by atoms with Gasteiger partial charge in [0, 0.05) is 12.2 Å². The fourth-order valence-electron chi connectivity index (χ4n) is 3.94. The molecule has 170 valence electrons. The standard InChI is InChI=1S/C26H24ClFN2O3/c1-16-6-8-18(9-7-16)14-29-26(32)25-24(19-5-3-4-17(2)12-19)30(23(31)15-33-25)20-10-11-22(28)21(27)13-20/h3-13,24-25H,14-15H2,1-2H3,(H,29,32)/t24-,25+/m1/s1. The van der Waals surface area contributed by atoms with Crippen LogP contribution in [0.5, 0.6) is 0 Å². The third-order valence-electron chi connectivity index (χ3n) is 5.63. The van der Waals surface area contributed by atoms with Gasteiger partial charge >= 0.3 is 0 Å². The number of halogens is 2. The van der Waals surface area contributed by atoms with Crippen LogP contribution in [0.25, 0.3) is 0 Å². The Morgan fingerprint density at radius 2 is 1.85 bits per heavy atom. The molecule has 2 atom stereocenters. The molecule has 33 heavy (non-hydrogen) atoms. The quantitative estimate of drug-likeness (QED) is 0.582. The summed E-state index contributed by atoms with van der Waals surface area (Å²) in [4.78, 5) is 27.7. The molecule has 0 aromatic heterocycles. The maximum absolute atomic E-state index is 13.8. The Kier molecular flexibility index (Phi) is 6.77. The molecule has 3 aromatic rings. The molecule has 0 aliphatic carbocycles. The SMILES string of the molecule is Cc1ccc(CNC(=O)[C@H]2OCC(=O)N(c3ccc(F)c(Cl)c3)[C@@H]2c2cccc(C)c2)cc1. The lowest BCUT2D eigenvalue weighted by atomic mass is 9.95. The number of carbonyl (C=O) groups excluding carboxylic acids is 2. The number of nitrogens with one attached hydrogen (secondary N) is 1. The second-order valence-corrected chi connectivity index (χ2v) is 8.56. The van der Waals surface area contributed by atoms with Crippen molar-refractivity contribution < 1.29 is 18.7 Å². The van der Waals surface area contributed by atoms with Crippen molar-refractivity contribution in [3.8, 4) is 0 Å². The van der Waals surface area contributed by atoms with Crippen LogP contribution in [0, 0.1) is 19.7 Å². The summed E-state index contributed by atoms with van der Waals surface area (Å²) >= 11 is 6.00. The fourth-order valence-corrected chi connectivity index (χ4v) is 4.12. The Labute approximate surface area is 197 Å². The van der Waals surface area contributed by atoms with Crippen molar-refractivity contribution in [2.75, 3.05) is 11.5 Å². The monoisotopic (exact) mass is 466 g/mol. The molecular formula is C26H24ClFN2O3. The van der Waals surface area contributed by atoms with Gasteiger partial charge in [-0.3, -0.25) is 14.5 Å². The maximum Gasteiger partial charge on any atom is 0.253 e. The molecule has 0 saturated carbocycles. The molecule has 1 N–H and O–H groups in total. The largest absolute Gasteiger partial charge is 0.356 e. The van der Waals surface area contributed by atoms with Crippen LogP contribution in [-0.4, -0.2) is 24.5 Å².